The molecule has 0 atom stereocenters. The zero-order valence-corrected chi connectivity index (χ0v) is 14.3. The molecule has 3 aliphatic rings. The van der Waals surface area contributed by atoms with Gasteiger partial charge in [0.1, 0.15) is 11.9 Å². The van der Waals surface area contributed by atoms with Crippen molar-refractivity contribution >= 4 is 5.91 Å². The maximum Gasteiger partial charge on any atom is 0.416 e. The summed E-state index contributed by atoms with van der Waals surface area (Å²) in [4.78, 5) is 12.5. The Labute approximate surface area is 154 Å². The van der Waals surface area contributed by atoms with Crippen LogP contribution in [0.1, 0.15) is 18.4 Å². The molecule has 27 heavy (non-hydrogen) atoms. The average Bonchev–Trinajstić information content (AvgIpc) is 3.03. The van der Waals surface area contributed by atoms with Crippen LogP contribution in [0.25, 0.3) is 0 Å². The number of hydrogen-bond donors (Lipinski definition) is 2. The number of allylic oxidation sites excluding steroid dienone is 3. The van der Waals surface area contributed by atoms with E-state index in [-0.39, 0.29) is 18.1 Å². The molecule has 0 unspecified atom stereocenters. The fourth-order valence-corrected chi connectivity index (χ4v) is 3.25. The van der Waals surface area contributed by atoms with Gasteiger partial charge in [0.15, 0.2) is 0 Å². The lowest BCUT2D eigenvalue weighted by Crippen LogP contribution is -2.49. The van der Waals surface area contributed by atoms with Gasteiger partial charge in [-0.1, -0.05) is 6.08 Å². The molecule has 142 valence electrons. The first-order valence-electron chi connectivity index (χ1n) is 8.66. The highest BCUT2D eigenvalue weighted by atomic mass is 19.4. The minimum atomic E-state index is -4.35. The van der Waals surface area contributed by atoms with Gasteiger partial charge in [0, 0.05) is 31.6 Å². The summed E-state index contributed by atoms with van der Waals surface area (Å²) in [7, 11) is 0. The summed E-state index contributed by atoms with van der Waals surface area (Å²) in [5.41, 5.74) is 3.93. The predicted molar refractivity (Wildman–Crippen MR) is 92.2 cm³/mol. The Kier molecular flexibility index (Phi) is 4.43. The van der Waals surface area contributed by atoms with Crippen molar-refractivity contribution in [3.63, 3.8) is 0 Å². The molecule has 1 aromatic carbocycles. The van der Waals surface area contributed by atoms with Crippen LogP contribution in [0.5, 0.6) is 5.75 Å². The Morgan fingerprint density at radius 1 is 1.19 bits per heavy atom. The van der Waals surface area contributed by atoms with Crippen LogP contribution in [0.4, 0.5) is 13.2 Å². The Morgan fingerprint density at radius 2 is 1.93 bits per heavy atom. The van der Waals surface area contributed by atoms with Crippen molar-refractivity contribution in [3.8, 4) is 5.75 Å². The number of fused-ring (bicyclic) bond motifs is 1. The molecule has 1 saturated carbocycles. The summed E-state index contributed by atoms with van der Waals surface area (Å²) in [6.45, 7) is 0.466. The largest absolute Gasteiger partial charge is 0.490 e. The van der Waals surface area contributed by atoms with Crippen LogP contribution in [-0.4, -0.2) is 29.6 Å². The summed E-state index contributed by atoms with van der Waals surface area (Å²) in [6, 6.07) is 4.66. The van der Waals surface area contributed by atoms with Crippen LogP contribution < -0.4 is 15.5 Å². The highest BCUT2D eigenvalue weighted by Gasteiger charge is 2.35. The first-order valence-corrected chi connectivity index (χ1v) is 8.66. The lowest BCUT2D eigenvalue weighted by Gasteiger charge is -2.36. The quantitative estimate of drug-likeness (QED) is 0.847. The molecule has 1 fully saturated rings. The number of amides is 1. The van der Waals surface area contributed by atoms with Crippen molar-refractivity contribution in [1.82, 2.24) is 15.8 Å². The Balaban J connectivity index is 1.27. The molecule has 0 bridgehead atoms. The maximum absolute atomic E-state index is 12.6. The summed E-state index contributed by atoms with van der Waals surface area (Å²) in [5, 5.41) is 4.80. The third-order valence-electron chi connectivity index (χ3n) is 4.78. The Hall–Kier alpha value is -2.74. The molecule has 8 heteroatoms. The van der Waals surface area contributed by atoms with Gasteiger partial charge in [-0.05, 0) is 36.4 Å². The molecule has 0 saturated heterocycles. The molecule has 1 amide bonds. The number of hydrazine groups is 1. The Morgan fingerprint density at radius 3 is 2.63 bits per heavy atom. The van der Waals surface area contributed by atoms with E-state index in [0.29, 0.717) is 30.7 Å². The number of hydrogen-bond acceptors (Lipinski definition) is 4. The first kappa shape index (κ1) is 17.7. The SMILES string of the molecule is O=C(NC1CC(Oc2ccc(C(F)(F)F)cc2)C1)C1=C2C=CC=CN2NC1. The fourth-order valence-electron chi connectivity index (χ4n) is 3.25. The van der Waals surface area contributed by atoms with Crippen LogP contribution >= 0.6 is 0 Å². The smallest absolute Gasteiger partial charge is 0.416 e. The molecule has 4 rings (SSSR count). The molecule has 0 radical (unpaired) electrons. The third kappa shape index (κ3) is 3.71. The predicted octanol–water partition coefficient (Wildman–Crippen LogP) is 2.89. The van der Waals surface area contributed by atoms with Gasteiger partial charge in [-0.3, -0.25) is 9.80 Å². The second-order valence-electron chi connectivity index (χ2n) is 6.67. The van der Waals surface area contributed by atoms with E-state index in [2.05, 4.69) is 10.7 Å². The van der Waals surface area contributed by atoms with E-state index in [1.54, 1.807) is 0 Å². The number of alkyl halides is 3. The van der Waals surface area contributed by atoms with Crippen LogP contribution in [-0.2, 0) is 11.0 Å². The van der Waals surface area contributed by atoms with Crippen molar-refractivity contribution in [3.05, 3.63) is 65.5 Å². The summed E-state index contributed by atoms with van der Waals surface area (Å²) in [6.07, 6.45) is 4.29. The number of rotatable bonds is 4. The van der Waals surface area contributed by atoms with Crippen molar-refractivity contribution in [2.24, 2.45) is 0 Å². The normalized spacial score (nSPS) is 23.9. The number of carbonyl (C=O) groups is 1. The van der Waals surface area contributed by atoms with Gasteiger partial charge in [-0.25, -0.2) is 5.43 Å². The van der Waals surface area contributed by atoms with Crippen LogP contribution in [0.15, 0.2) is 60.0 Å². The molecule has 1 aromatic rings. The van der Waals surface area contributed by atoms with Gasteiger partial charge in [0.2, 0.25) is 0 Å². The number of nitrogens with one attached hydrogen (secondary N) is 2. The van der Waals surface area contributed by atoms with E-state index in [4.69, 9.17) is 4.74 Å². The zero-order valence-electron chi connectivity index (χ0n) is 14.3. The highest BCUT2D eigenvalue weighted by molar-refractivity contribution is 5.95. The number of nitrogens with zero attached hydrogens (tertiary/aromatic N) is 1. The van der Waals surface area contributed by atoms with Crippen LogP contribution in [0.3, 0.4) is 0 Å². The van der Waals surface area contributed by atoms with Crippen molar-refractivity contribution in [2.45, 2.75) is 31.2 Å². The topological polar surface area (TPSA) is 53.6 Å². The van der Waals surface area contributed by atoms with E-state index in [0.717, 1.165) is 17.8 Å². The molecule has 0 spiro atoms. The Bertz CT molecular complexity index is 822. The minimum Gasteiger partial charge on any atom is -0.490 e. The molecular weight excluding hydrogens is 359 g/mol. The third-order valence-corrected chi connectivity index (χ3v) is 4.78. The summed E-state index contributed by atoms with van der Waals surface area (Å²) in [5.74, 6) is 0.287. The average molecular weight is 377 g/mol. The number of ether oxygens (including phenoxy) is 1. The number of carbonyl (C=O) groups excluding carboxylic acids is 1. The molecular formula is C19H18F3N3O2. The van der Waals surface area contributed by atoms with E-state index in [1.165, 1.54) is 12.1 Å². The molecule has 0 aromatic heterocycles. The van der Waals surface area contributed by atoms with Gasteiger partial charge >= 0.3 is 6.18 Å². The van der Waals surface area contributed by atoms with E-state index < -0.39 is 11.7 Å². The van der Waals surface area contributed by atoms with Gasteiger partial charge in [0.05, 0.1) is 16.8 Å². The van der Waals surface area contributed by atoms with Gasteiger partial charge in [-0.2, -0.15) is 13.2 Å². The highest BCUT2D eigenvalue weighted by Crippen LogP contribution is 2.32. The molecule has 1 aliphatic carbocycles. The van der Waals surface area contributed by atoms with Crippen molar-refractivity contribution in [1.29, 1.82) is 0 Å². The lowest BCUT2D eigenvalue weighted by molar-refractivity contribution is -0.137. The zero-order chi connectivity index (χ0) is 19.0. The number of halogens is 3. The van der Waals surface area contributed by atoms with Crippen molar-refractivity contribution in [2.75, 3.05) is 6.54 Å². The van der Waals surface area contributed by atoms with E-state index in [9.17, 15) is 18.0 Å². The molecule has 2 N–H and O–H groups in total. The van der Waals surface area contributed by atoms with Crippen LogP contribution in [0.2, 0.25) is 0 Å². The van der Waals surface area contributed by atoms with Gasteiger partial charge in [0.25, 0.3) is 5.91 Å². The molecule has 5 nitrogen and oxygen atoms in total. The van der Waals surface area contributed by atoms with Gasteiger partial charge < -0.3 is 10.1 Å². The maximum atomic E-state index is 12.6. The second kappa shape index (κ2) is 6.77. The van der Waals surface area contributed by atoms with E-state index in [1.807, 2.05) is 29.4 Å². The fraction of sp³-hybridized carbons (Fsp3) is 0.316. The standard InChI is InChI=1S/C19H18F3N3O2/c20-19(21,22)12-4-6-14(7-5-12)27-15-9-13(10-15)24-18(26)16-11-23-25-8-2-1-3-17(16)25/h1-8,13,15,23H,9-11H2,(H,24,26). The monoisotopic (exact) mass is 377 g/mol. The van der Waals surface area contributed by atoms with Crippen LogP contribution in [0, 0.1) is 0 Å². The summed E-state index contributed by atoms with van der Waals surface area (Å²) < 4.78 is 43.4. The van der Waals surface area contributed by atoms with Gasteiger partial charge in [-0.15, -0.1) is 0 Å². The van der Waals surface area contributed by atoms with Crippen molar-refractivity contribution < 1.29 is 22.7 Å². The first-order chi connectivity index (χ1) is 12.9. The minimum absolute atomic E-state index is 0.00205. The second-order valence-corrected chi connectivity index (χ2v) is 6.67. The molecule has 2 aliphatic heterocycles. The number of benzene rings is 1. The van der Waals surface area contributed by atoms with E-state index >= 15 is 0 Å². The summed E-state index contributed by atoms with van der Waals surface area (Å²) >= 11 is 0. The molecule has 2 heterocycles. The lowest BCUT2D eigenvalue weighted by atomic mass is 9.89.